The fourth-order valence-electron chi connectivity index (χ4n) is 2.23. The van der Waals surface area contributed by atoms with Crippen molar-refractivity contribution in [1.82, 2.24) is 4.90 Å². The van der Waals surface area contributed by atoms with Crippen molar-refractivity contribution in [1.29, 1.82) is 0 Å². The molecule has 26 heavy (non-hydrogen) atoms. The number of carbonyl (C=O) groups is 3. The number of amides is 2. The predicted molar refractivity (Wildman–Crippen MR) is 102 cm³/mol. The highest BCUT2D eigenvalue weighted by Gasteiger charge is 2.27. The number of rotatable bonds is 5. The Balaban J connectivity index is 2.43. The van der Waals surface area contributed by atoms with Crippen LogP contribution in [-0.4, -0.2) is 43.4 Å². The summed E-state index contributed by atoms with van der Waals surface area (Å²) >= 11 is 6.89. The van der Waals surface area contributed by atoms with Gasteiger partial charge in [0.1, 0.15) is 5.00 Å². The van der Waals surface area contributed by atoms with Gasteiger partial charge in [0.05, 0.1) is 17.0 Å². The molecule has 2 rings (SSSR count). The minimum atomic E-state index is -0.578. The van der Waals surface area contributed by atoms with Gasteiger partial charge in [-0.3, -0.25) is 9.59 Å². The van der Waals surface area contributed by atoms with E-state index >= 15 is 0 Å². The molecule has 138 valence electrons. The molecule has 2 amide bonds. The maximum atomic E-state index is 12.5. The van der Waals surface area contributed by atoms with Gasteiger partial charge in [-0.05, 0) is 43.7 Å². The zero-order chi connectivity index (χ0) is 19.4. The molecule has 0 unspecified atom stereocenters. The molecule has 1 aromatic carbocycles. The van der Waals surface area contributed by atoms with E-state index in [0.717, 1.165) is 11.3 Å². The van der Waals surface area contributed by atoms with Crippen molar-refractivity contribution in [3.05, 3.63) is 50.9 Å². The highest BCUT2D eigenvalue weighted by atomic mass is 35.5. The Labute approximate surface area is 160 Å². The summed E-state index contributed by atoms with van der Waals surface area (Å²) in [6.45, 7) is 3.55. The van der Waals surface area contributed by atoms with Crippen LogP contribution in [0.4, 0.5) is 5.00 Å². The van der Waals surface area contributed by atoms with E-state index in [1.807, 2.05) is 0 Å². The topological polar surface area (TPSA) is 75.7 Å². The third-order valence-corrected chi connectivity index (χ3v) is 5.01. The summed E-state index contributed by atoms with van der Waals surface area (Å²) in [5, 5.41) is 3.50. The number of nitrogens with zero attached hydrogens (tertiary/aromatic N) is 1. The average Bonchev–Trinajstić information content (AvgIpc) is 2.90. The van der Waals surface area contributed by atoms with Crippen molar-refractivity contribution in [3.8, 4) is 0 Å². The summed E-state index contributed by atoms with van der Waals surface area (Å²) in [5.74, 6) is -1.23. The molecule has 8 heteroatoms. The van der Waals surface area contributed by atoms with Gasteiger partial charge in [0.15, 0.2) is 0 Å². The molecule has 1 aromatic heterocycles. The molecule has 0 atom stereocenters. The minimum Gasteiger partial charge on any atom is -0.462 e. The fraction of sp³-hybridized carbons (Fsp3) is 0.278. The minimum absolute atomic E-state index is 0.190. The SMILES string of the molecule is CCOC(=O)c1c(NC(=O)c2ccc(Cl)cc2)sc(C(=O)N(C)C)c1C. The van der Waals surface area contributed by atoms with Crippen molar-refractivity contribution < 1.29 is 19.1 Å². The van der Waals surface area contributed by atoms with E-state index in [1.165, 1.54) is 4.90 Å². The number of ether oxygens (including phenoxy) is 1. The number of anilines is 1. The molecule has 0 spiro atoms. The summed E-state index contributed by atoms with van der Waals surface area (Å²) in [5.41, 5.74) is 1.07. The Kier molecular flexibility index (Phi) is 6.39. The highest BCUT2D eigenvalue weighted by Crippen LogP contribution is 2.34. The van der Waals surface area contributed by atoms with E-state index in [9.17, 15) is 14.4 Å². The van der Waals surface area contributed by atoms with E-state index in [-0.39, 0.29) is 23.1 Å². The first-order valence-corrected chi connectivity index (χ1v) is 9.04. The lowest BCUT2D eigenvalue weighted by molar-refractivity contribution is 0.0527. The van der Waals surface area contributed by atoms with Crippen LogP contribution in [-0.2, 0) is 4.74 Å². The third kappa shape index (κ3) is 4.23. The number of carbonyl (C=O) groups excluding carboxylic acids is 3. The number of esters is 1. The Hall–Kier alpha value is -2.38. The molecule has 1 N–H and O–H groups in total. The number of halogens is 1. The molecule has 2 aromatic rings. The molecule has 0 aliphatic rings. The van der Waals surface area contributed by atoms with Crippen molar-refractivity contribution >= 4 is 45.7 Å². The van der Waals surface area contributed by atoms with Gasteiger partial charge in [0.25, 0.3) is 11.8 Å². The summed E-state index contributed by atoms with van der Waals surface area (Å²) in [6, 6.07) is 6.36. The van der Waals surface area contributed by atoms with Crippen molar-refractivity contribution in [2.45, 2.75) is 13.8 Å². The predicted octanol–water partition coefficient (Wildman–Crippen LogP) is 3.84. The smallest absolute Gasteiger partial charge is 0.341 e. The van der Waals surface area contributed by atoms with Crippen LogP contribution in [0.15, 0.2) is 24.3 Å². The molecular weight excluding hydrogens is 376 g/mol. The number of hydrogen-bond acceptors (Lipinski definition) is 5. The summed E-state index contributed by atoms with van der Waals surface area (Å²) in [7, 11) is 3.25. The lowest BCUT2D eigenvalue weighted by atomic mass is 10.1. The molecule has 0 bridgehead atoms. The van der Waals surface area contributed by atoms with Gasteiger partial charge in [-0.25, -0.2) is 4.79 Å². The largest absolute Gasteiger partial charge is 0.462 e. The van der Waals surface area contributed by atoms with E-state index in [4.69, 9.17) is 16.3 Å². The van der Waals surface area contributed by atoms with Crippen LogP contribution < -0.4 is 5.32 Å². The lowest BCUT2D eigenvalue weighted by Gasteiger charge is -2.09. The van der Waals surface area contributed by atoms with Gasteiger partial charge in [-0.1, -0.05) is 11.6 Å². The van der Waals surface area contributed by atoms with Crippen LogP contribution in [0.5, 0.6) is 0 Å². The average molecular weight is 395 g/mol. The molecule has 0 radical (unpaired) electrons. The first-order chi connectivity index (χ1) is 12.3. The first-order valence-electron chi connectivity index (χ1n) is 7.85. The Bertz CT molecular complexity index is 844. The van der Waals surface area contributed by atoms with E-state index in [1.54, 1.807) is 52.2 Å². The van der Waals surface area contributed by atoms with Crippen molar-refractivity contribution in [2.75, 3.05) is 26.0 Å². The van der Waals surface area contributed by atoms with Crippen molar-refractivity contribution in [2.24, 2.45) is 0 Å². The van der Waals surface area contributed by atoms with Crippen LogP contribution in [0.25, 0.3) is 0 Å². The molecule has 0 saturated carbocycles. The molecule has 0 fully saturated rings. The normalized spacial score (nSPS) is 10.3. The van der Waals surface area contributed by atoms with Gasteiger partial charge >= 0.3 is 5.97 Å². The molecule has 1 heterocycles. The summed E-state index contributed by atoms with van der Waals surface area (Å²) < 4.78 is 5.08. The second-order valence-electron chi connectivity index (χ2n) is 5.64. The van der Waals surface area contributed by atoms with Crippen LogP contribution in [0.1, 0.15) is 42.9 Å². The van der Waals surface area contributed by atoms with Crippen molar-refractivity contribution in [3.63, 3.8) is 0 Å². The number of benzene rings is 1. The monoisotopic (exact) mass is 394 g/mol. The first kappa shape index (κ1) is 19.9. The van der Waals surface area contributed by atoms with Gasteiger partial charge in [-0.2, -0.15) is 0 Å². The zero-order valence-corrected chi connectivity index (χ0v) is 16.5. The lowest BCUT2D eigenvalue weighted by Crippen LogP contribution is -2.21. The van der Waals surface area contributed by atoms with Crippen LogP contribution >= 0.6 is 22.9 Å². The van der Waals surface area contributed by atoms with Gasteiger partial charge in [0, 0.05) is 24.7 Å². The van der Waals surface area contributed by atoms with E-state index < -0.39 is 11.9 Å². The maximum Gasteiger partial charge on any atom is 0.341 e. The molecule has 6 nitrogen and oxygen atoms in total. The van der Waals surface area contributed by atoms with Gasteiger partial charge < -0.3 is 15.0 Å². The summed E-state index contributed by atoms with van der Waals surface area (Å²) in [4.78, 5) is 39.0. The number of hydrogen-bond donors (Lipinski definition) is 1. The fourth-order valence-corrected chi connectivity index (χ4v) is 3.57. The number of nitrogens with one attached hydrogen (secondary N) is 1. The highest BCUT2D eigenvalue weighted by molar-refractivity contribution is 7.18. The van der Waals surface area contributed by atoms with Crippen LogP contribution in [0.3, 0.4) is 0 Å². The molecular formula is C18H19ClN2O4S. The second kappa shape index (κ2) is 8.33. The molecule has 0 saturated heterocycles. The molecule has 0 aliphatic carbocycles. The van der Waals surface area contributed by atoms with Gasteiger partial charge in [-0.15, -0.1) is 11.3 Å². The Morgan fingerprint density at radius 1 is 1.19 bits per heavy atom. The second-order valence-corrected chi connectivity index (χ2v) is 7.10. The third-order valence-electron chi connectivity index (χ3n) is 3.56. The van der Waals surface area contributed by atoms with E-state index in [2.05, 4.69) is 5.32 Å². The van der Waals surface area contributed by atoms with Crippen LogP contribution in [0, 0.1) is 6.92 Å². The standard InChI is InChI=1S/C18H19ClN2O4S/c1-5-25-18(24)13-10(2)14(17(23)21(3)4)26-16(13)20-15(22)11-6-8-12(19)9-7-11/h6-9H,5H2,1-4H3,(H,20,22). The maximum absolute atomic E-state index is 12.5. The number of thiophene rings is 1. The Morgan fingerprint density at radius 2 is 1.81 bits per heavy atom. The Morgan fingerprint density at radius 3 is 2.35 bits per heavy atom. The van der Waals surface area contributed by atoms with Crippen LogP contribution in [0.2, 0.25) is 5.02 Å². The quantitative estimate of drug-likeness (QED) is 0.781. The van der Waals surface area contributed by atoms with Gasteiger partial charge in [0.2, 0.25) is 0 Å². The molecule has 0 aliphatic heterocycles. The van der Waals surface area contributed by atoms with E-state index in [0.29, 0.717) is 21.0 Å². The zero-order valence-electron chi connectivity index (χ0n) is 14.9. The summed E-state index contributed by atoms with van der Waals surface area (Å²) in [6.07, 6.45) is 0.